The Bertz CT molecular complexity index is 599. The van der Waals surface area contributed by atoms with Gasteiger partial charge in [0.05, 0.1) is 11.5 Å². The van der Waals surface area contributed by atoms with Crippen molar-refractivity contribution in [2.24, 2.45) is 5.14 Å². The van der Waals surface area contributed by atoms with E-state index in [1.807, 2.05) is 20.8 Å². The summed E-state index contributed by atoms with van der Waals surface area (Å²) in [5.74, 6) is -0.329. The van der Waals surface area contributed by atoms with Gasteiger partial charge >= 0.3 is 0 Å². The van der Waals surface area contributed by atoms with Gasteiger partial charge in [-0.05, 0) is 38.0 Å². The molecule has 0 aromatic heterocycles. The summed E-state index contributed by atoms with van der Waals surface area (Å²) < 4.78 is 28.0. The molecule has 0 spiro atoms. The molecule has 0 saturated carbocycles. The second-order valence-electron chi connectivity index (χ2n) is 4.75. The van der Waals surface area contributed by atoms with E-state index in [0.29, 0.717) is 25.2 Å². The first-order valence-corrected chi connectivity index (χ1v) is 8.38. The molecule has 6 nitrogen and oxygen atoms in total. The SMILES string of the molecule is CCOCC(C)NC(=O)c1cc(S(N)(=O)=O)ccc1CC. The Balaban J connectivity index is 3.01. The fraction of sp³-hybridized carbons (Fsp3) is 0.500. The van der Waals surface area contributed by atoms with E-state index in [2.05, 4.69) is 5.32 Å². The lowest BCUT2D eigenvalue weighted by Crippen LogP contribution is -2.36. The third-order valence-electron chi connectivity index (χ3n) is 2.98. The van der Waals surface area contributed by atoms with Crippen LogP contribution < -0.4 is 10.5 Å². The van der Waals surface area contributed by atoms with Crippen molar-refractivity contribution in [1.82, 2.24) is 5.32 Å². The molecule has 0 aliphatic rings. The third-order valence-corrected chi connectivity index (χ3v) is 3.90. The first-order valence-electron chi connectivity index (χ1n) is 6.83. The summed E-state index contributed by atoms with van der Waals surface area (Å²) in [5, 5.41) is 7.89. The number of nitrogens with two attached hydrogens (primary N) is 1. The number of hydrogen-bond acceptors (Lipinski definition) is 4. The predicted octanol–water partition coefficient (Wildman–Crippen LogP) is 1.05. The number of amides is 1. The van der Waals surface area contributed by atoms with Crippen LogP contribution in [0.5, 0.6) is 0 Å². The molecule has 0 bridgehead atoms. The van der Waals surface area contributed by atoms with Crippen LogP contribution in [-0.4, -0.2) is 33.6 Å². The van der Waals surface area contributed by atoms with Gasteiger partial charge in [0.1, 0.15) is 0 Å². The molecule has 1 unspecified atom stereocenters. The smallest absolute Gasteiger partial charge is 0.251 e. The van der Waals surface area contributed by atoms with E-state index in [-0.39, 0.29) is 16.8 Å². The Morgan fingerprint density at radius 1 is 1.38 bits per heavy atom. The lowest BCUT2D eigenvalue weighted by molar-refractivity contribution is 0.0871. The molecule has 0 aliphatic carbocycles. The van der Waals surface area contributed by atoms with Gasteiger partial charge in [0.2, 0.25) is 10.0 Å². The minimum Gasteiger partial charge on any atom is -0.380 e. The molecule has 0 heterocycles. The molecule has 1 aromatic rings. The average Bonchev–Trinajstić information content (AvgIpc) is 2.43. The van der Waals surface area contributed by atoms with Crippen molar-refractivity contribution in [3.63, 3.8) is 0 Å². The monoisotopic (exact) mass is 314 g/mol. The quantitative estimate of drug-likeness (QED) is 0.786. The van der Waals surface area contributed by atoms with Gasteiger partial charge in [-0.1, -0.05) is 13.0 Å². The molecule has 1 atom stereocenters. The predicted molar refractivity (Wildman–Crippen MR) is 80.6 cm³/mol. The maximum absolute atomic E-state index is 12.3. The van der Waals surface area contributed by atoms with Gasteiger partial charge in [0, 0.05) is 18.2 Å². The second-order valence-corrected chi connectivity index (χ2v) is 6.31. The summed E-state index contributed by atoms with van der Waals surface area (Å²) in [6, 6.07) is 4.17. The Morgan fingerprint density at radius 3 is 2.57 bits per heavy atom. The zero-order valence-electron chi connectivity index (χ0n) is 12.5. The van der Waals surface area contributed by atoms with Crippen molar-refractivity contribution in [2.75, 3.05) is 13.2 Å². The highest BCUT2D eigenvalue weighted by Crippen LogP contribution is 2.16. The van der Waals surface area contributed by atoms with Crippen LogP contribution >= 0.6 is 0 Å². The maximum atomic E-state index is 12.3. The fourth-order valence-corrected chi connectivity index (χ4v) is 2.43. The molecule has 3 N–H and O–H groups in total. The number of carbonyl (C=O) groups excluding carboxylic acids is 1. The van der Waals surface area contributed by atoms with E-state index in [4.69, 9.17) is 9.88 Å². The molecule has 7 heteroatoms. The van der Waals surface area contributed by atoms with E-state index in [0.717, 1.165) is 5.56 Å². The van der Waals surface area contributed by atoms with Crippen LogP contribution in [0.25, 0.3) is 0 Å². The van der Waals surface area contributed by atoms with Crippen LogP contribution in [0.2, 0.25) is 0 Å². The molecule has 1 aromatic carbocycles. The normalized spacial score (nSPS) is 13.0. The molecule has 0 saturated heterocycles. The van der Waals surface area contributed by atoms with Gasteiger partial charge in [0.15, 0.2) is 0 Å². The summed E-state index contributed by atoms with van der Waals surface area (Å²) >= 11 is 0. The lowest BCUT2D eigenvalue weighted by atomic mass is 10.0. The number of nitrogens with one attached hydrogen (secondary N) is 1. The summed E-state index contributed by atoms with van der Waals surface area (Å²) in [6.45, 7) is 6.56. The van der Waals surface area contributed by atoms with Crippen LogP contribution in [0.15, 0.2) is 23.1 Å². The van der Waals surface area contributed by atoms with E-state index >= 15 is 0 Å². The van der Waals surface area contributed by atoms with E-state index in [1.54, 1.807) is 6.07 Å². The largest absolute Gasteiger partial charge is 0.380 e. The van der Waals surface area contributed by atoms with E-state index in [1.165, 1.54) is 12.1 Å². The summed E-state index contributed by atoms with van der Waals surface area (Å²) in [4.78, 5) is 12.2. The van der Waals surface area contributed by atoms with Crippen LogP contribution in [-0.2, 0) is 21.2 Å². The number of ether oxygens (including phenoxy) is 1. The van der Waals surface area contributed by atoms with Crippen molar-refractivity contribution in [3.8, 4) is 0 Å². The number of hydrogen-bond donors (Lipinski definition) is 2. The highest BCUT2D eigenvalue weighted by atomic mass is 32.2. The maximum Gasteiger partial charge on any atom is 0.251 e. The van der Waals surface area contributed by atoms with Gasteiger partial charge in [0.25, 0.3) is 5.91 Å². The number of aryl methyl sites for hydroxylation is 1. The molecular weight excluding hydrogens is 292 g/mol. The number of primary sulfonamides is 1. The number of rotatable bonds is 7. The third kappa shape index (κ3) is 5.11. The fourth-order valence-electron chi connectivity index (χ4n) is 1.89. The van der Waals surface area contributed by atoms with Crippen molar-refractivity contribution in [3.05, 3.63) is 29.3 Å². The van der Waals surface area contributed by atoms with Crippen LogP contribution in [0.1, 0.15) is 36.7 Å². The van der Waals surface area contributed by atoms with Gasteiger partial charge in [-0.15, -0.1) is 0 Å². The second kappa shape index (κ2) is 7.53. The van der Waals surface area contributed by atoms with Crippen molar-refractivity contribution >= 4 is 15.9 Å². The van der Waals surface area contributed by atoms with Crippen molar-refractivity contribution < 1.29 is 17.9 Å². The number of carbonyl (C=O) groups is 1. The number of sulfonamides is 1. The van der Waals surface area contributed by atoms with Crippen LogP contribution in [0, 0.1) is 0 Å². The Labute approximate surface area is 125 Å². The highest BCUT2D eigenvalue weighted by Gasteiger charge is 2.17. The van der Waals surface area contributed by atoms with Gasteiger partial charge in [-0.25, -0.2) is 13.6 Å². The lowest BCUT2D eigenvalue weighted by Gasteiger charge is -2.15. The van der Waals surface area contributed by atoms with Gasteiger partial charge < -0.3 is 10.1 Å². The number of benzene rings is 1. The molecule has 118 valence electrons. The molecule has 0 radical (unpaired) electrons. The topological polar surface area (TPSA) is 98.5 Å². The highest BCUT2D eigenvalue weighted by molar-refractivity contribution is 7.89. The Hall–Kier alpha value is -1.44. The average molecular weight is 314 g/mol. The molecule has 0 fully saturated rings. The first kappa shape index (κ1) is 17.6. The summed E-state index contributed by atoms with van der Waals surface area (Å²) in [6.07, 6.45) is 0.619. The molecular formula is C14H22N2O4S. The van der Waals surface area contributed by atoms with Gasteiger partial charge in [-0.3, -0.25) is 4.79 Å². The molecule has 0 aliphatic heterocycles. The van der Waals surface area contributed by atoms with Crippen molar-refractivity contribution in [1.29, 1.82) is 0 Å². The van der Waals surface area contributed by atoms with E-state index in [9.17, 15) is 13.2 Å². The van der Waals surface area contributed by atoms with Gasteiger partial charge in [-0.2, -0.15) is 0 Å². The summed E-state index contributed by atoms with van der Waals surface area (Å²) in [5.41, 5.74) is 1.09. The Morgan fingerprint density at radius 2 is 2.05 bits per heavy atom. The Kier molecular flexibility index (Phi) is 6.32. The van der Waals surface area contributed by atoms with Crippen LogP contribution in [0.3, 0.4) is 0 Å². The zero-order valence-corrected chi connectivity index (χ0v) is 13.4. The standard InChI is InChI=1S/C14H22N2O4S/c1-4-11-6-7-12(21(15,18)19)8-13(11)14(17)16-10(3)9-20-5-2/h6-8,10H,4-5,9H2,1-3H3,(H,16,17)(H2,15,18,19). The minimum absolute atomic E-state index is 0.0673. The minimum atomic E-state index is -3.83. The summed E-state index contributed by atoms with van der Waals surface area (Å²) in [7, 11) is -3.83. The molecule has 1 rings (SSSR count). The first-order chi connectivity index (χ1) is 9.79. The van der Waals surface area contributed by atoms with E-state index < -0.39 is 10.0 Å². The zero-order chi connectivity index (χ0) is 16.0. The van der Waals surface area contributed by atoms with Crippen molar-refractivity contribution in [2.45, 2.75) is 38.1 Å². The molecule has 21 heavy (non-hydrogen) atoms. The molecule has 1 amide bonds. The van der Waals surface area contributed by atoms with Crippen LogP contribution in [0.4, 0.5) is 0 Å².